The highest BCUT2D eigenvalue weighted by molar-refractivity contribution is 6.32. The zero-order valence-electron chi connectivity index (χ0n) is 16.5. The number of halogens is 1. The molecule has 1 saturated carbocycles. The molecule has 0 aromatic heterocycles. The number of nitrogens with zero attached hydrogens (tertiary/aromatic N) is 3. The molecule has 2 aliphatic heterocycles. The van der Waals surface area contributed by atoms with Crippen molar-refractivity contribution in [3.63, 3.8) is 0 Å². The van der Waals surface area contributed by atoms with Crippen molar-refractivity contribution in [1.82, 2.24) is 5.43 Å². The quantitative estimate of drug-likeness (QED) is 0.656. The van der Waals surface area contributed by atoms with Gasteiger partial charge in [-0.2, -0.15) is 0 Å². The molecule has 2 aromatic rings. The predicted molar refractivity (Wildman–Crippen MR) is 118 cm³/mol. The molecular weight excluding hydrogens is 400 g/mol. The Kier molecular flexibility index (Phi) is 4.90. The lowest BCUT2D eigenvalue weighted by Gasteiger charge is -2.40. The minimum Gasteiger partial charge on any atom is -0.493 e. The molecule has 1 unspecified atom stereocenters. The highest BCUT2D eigenvalue weighted by Crippen LogP contribution is 2.42. The maximum Gasteiger partial charge on any atom is 0.219 e. The number of nitrogens with one attached hydrogen (secondary N) is 1. The van der Waals surface area contributed by atoms with E-state index >= 15 is 0 Å². The van der Waals surface area contributed by atoms with Crippen molar-refractivity contribution in [3.05, 3.63) is 77.3 Å². The van der Waals surface area contributed by atoms with Crippen LogP contribution in [0.25, 0.3) is 0 Å². The van der Waals surface area contributed by atoms with Crippen molar-refractivity contribution in [1.29, 1.82) is 0 Å². The summed E-state index contributed by atoms with van der Waals surface area (Å²) in [6.07, 6.45) is 11.5. The lowest BCUT2D eigenvalue weighted by molar-refractivity contribution is -0.788. The lowest BCUT2D eigenvalue weighted by atomic mass is 9.76. The van der Waals surface area contributed by atoms with E-state index in [4.69, 9.17) is 21.1 Å². The van der Waals surface area contributed by atoms with Crippen LogP contribution in [-0.4, -0.2) is 30.3 Å². The SMILES string of the molecule is COc1cc(C2CC(N[N+]34C=CN=CC3=CN=C4)C2)ccc1Oc1ccccc1Cl. The first-order chi connectivity index (χ1) is 14.7. The molecule has 152 valence electrons. The Hall–Kier alpha value is -2.93. The fourth-order valence-electron chi connectivity index (χ4n) is 4.01. The Labute approximate surface area is 180 Å². The van der Waals surface area contributed by atoms with Crippen LogP contribution < -0.4 is 14.9 Å². The van der Waals surface area contributed by atoms with Crippen LogP contribution in [0.5, 0.6) is 17.2 Å². The largest absolute Gasteiger partial charge is 0.493 e. The summed E-state index contributed by atoms with van der Waals surface area (Å²) >= 11 is 6.22. The number of rotatable bonds is 6. The highest BCUT2D eigenvalue weighted by Gasteiger charge is 2.41. The second-order valence-electron chi connectivity index (χ2n) is 7.61. The maximum atomic E-state index is 6.22. The summed E-state index contributed by atoms with van der Waals surface area (Å²) in [6, 6.07) is 13.9. The van der Waals surface area contributed by atoms with Gasteiger partial charge in [0.05, 0.1) is 36.8 Å². The number of ether oxygens (including phenoxy) is 2. The molecular formula is C23H22ClN4O2+. The van der Waals surface area contributed by atoms with Gasteiger partial charge in [-0.05, 0) is 48.6 Å². The molecule has 0 bridgehead atoms. The number of aliphatic imine (C=N–C) groups is 2. The van der Waals surface area contributed by atoms with Crippen molar-refractivity contribution in [2.75, 3.05) is 7.11 Å². The average molecular weight is 422 g/mol. The molecule has 6 nitrogen and oxygen atoms in total. The van der Waals surface area contributed by atoms with E-state index in [1.54, 1.807) is 19.4 Å². The van der Waals surface area contributed by atoms with E-state index in [1.165, 1.54) is 5.56 Å². The number of fused-ring (bicyclic) bond motifs is 1. The van der Waals surface area contributed by atoms with Crippen LogP contribution in [-0.2, 0) is 0 Å². The third-order valence-electron chi connectivity index (χ3n) is 5.73. The van der Waals surface area contributed by atoms with Gasteiger partial charge in [0, 0.05) is 0 Å². The summed E-state index contributed by atoms with van der Waals surface area (Å²) in [6.45, 7) is 0. The minimum absolute atomic E-state index is 0.393. The first-order valence-corrected chi connectivity index (χ1v) is 10.3. The third-order valence-corrected chi connectivity index (χ3v) is 6.04. The number of para-hydroxylation sites is 1. The van der Waals surface area contributed by atoms with Crippen LogP contribution in [0.3, 0.4) is 0 Å². The molecule has 1 atom stereocenters. The molecule has 3 aliphatic rings. The fraction of sp³-hybridized carbons (Fsp3) is 0.217. The van der Waals surface area contributed by atoms with E-state index in [-0.39, 0.29) is 0 Å². The summed E-state index contributed by atoms with van der Waals surface area (Å²) in [5.41, 5.74) is 5.96. The first-order valence-electron chi connectivity index (χ1n) is 9.89. The molecule has 2 aromatic carbocycles. The van der Waals surface area contributed by atoms with Gasteiger partial charge >= 0.3 is 0 Å². The van der Waals surface area contributed by atoms with Crippen molar-refractivity contribution < 1.29 is 14.1 Å². The Balaban J connectivity index is 1.26. The molecule has 1 aliphatic carbocycles. The van der Waals surface area contributed by atoms with Crippen LogP contribution >= 0.6 is 11.6 Å². The van der Waals surface area contributed by atoms with Crippen molar-refractivity contribution in [2.45, 2.75) is 24.8 Å². The summed E-state index contributed by atoms with van der Waals surface area (Å²) in [5.74, 6) is 2.44. The van der Waals surface area contributed by atoms with Gasteiger partial charge in [0.1, 0.15) is 11.9 Å². The van der Waals surface area contributed by atoms with E-state index < -0.39 is 0 Å². The first kappa shape index (κ1) is 19.1. The zero-order valence-corrected chi connectivity index (χ0v) is 17.3. The minimum atomic E-state index is 0.393. The Bertz CT molecular complexity index is 1090. The zero-order chi connectivity index (χ0) is 20.6. The fourth-order valence-corrected chi connectivity index (χ4v) is 4.18. The Morgan fingerprint density at radius 2 is 1.93 bits per heavy atom. The molecule has 0 spiro atoms. The topological polar surface area (TPSA) is 55.2 Å². The van der Waals surface area contributed by atoms with Gasteiger partial charge < -0.3 is 9.47 Å². The van der Waals surface area contributed by atoms with Gasteiger partial charge in [0.2, 0.25) is 6.34 Å². The van der Waals surface area contributed by atoms with E-state index in [0.29, 0.717) is 38.8 Å². The van der Waals surface area contributed by atoms with Crippen LogP contribution in [0.1, 0.15) is 24.3 Å². The Morgan fingerprint density at radius 3 is 2.77 bits per heavy atom. The van der Waals surface area contributed by atoms with Gasteiger partial charge in [-0.15, -0.1) is 10.0 Å². The van der Waals surface area contributed by atoms with Crippen LogP contribution in [0, 0.1) is 0 Å². The van der Waals surface area contributed by atoms with Crippen LogP contribution in [0.2, 0.25) is 5.02 Å². The van der Waals surface area contributed by atoms with Crippen LogP contribution in [0.15, 0.2) is 76.7 Å². The number of quaternary nitrogens is 1. The number of benzene rings is 2. The van der Waals surface area contributed by atoms with Crippen LogP contribution in [0.4, 0.5) is 0 Å². The molecule has 0 saturated heterocycles. The number of hydrogen-bond donors (Lipinski definition) is 1. The molecule has 0 amide bonds. The van der Waals surface area contributed by atoms with E-state index in [0.717, 1.165) is 18.5 Å². The molecule has 1 fully saturated rings. The Morgan fingerprint density at radius 1 is 1.07 bits per heavy atom. The van der Waals surface area contributed by atoms with E-state index in [2.05, 4.69) is 27.5 Å². The van der Waals surface area contributed by atoms with E-state index in [1.807, 2.05) is 49.2 Å². The monoisotopic (exact) mass is 421 g/mol. The molecule has 0 radical (unpaired) electrons. The molecule has 5 rings (SSSR count). The maximum absolute atomic E-state index is 6.22. The van der Waals surface area contributed by atoms with E-state index in [9.17, 15) is 0 Å². The summed E-state index contributed by atoms with van der Waals surface area (Å²) < 4.78 is 12.0. The van der Waals surface area contributed by atoms with Gasteiger partial charge in [-0.1, -0.05) is 29.8 Å². The second-order valence-corrected chi connectivity index (χ2v) is 8.02. The third kappa shape index (κ3) is 3.43. The average Bonchev–Trinajstić information content (AvgIpc) is 3.16. The highest BCUT2D eigenvalue weighted by atomic mass is 35.5. The van der Waals surface area contributed by atoms with Crippen molar-refractivity contribution in [2.24, 2.45) is 9.98 Å². The summed E-state index contributed by atoms with van der Waals surface area (Å²) in [7, 11) is 1.66. The van der Waals surface area contributed by atoms with Crippen molar-refractivity contribution >= 4 is 24.2 Å². The molecule has 30 heavy (non-hydrogen) atoms. The summed E-state index contributed by atoms with van der Waals surface area (Å²) in [4.78, 5) is 8.50. The van der Waals surface area contributed by atoms with Gasteiger partial charge in [-0.25, -0.2) is 4.99 Å². The summed E-state index contributed by atoms with van der Waals surface area (Å²) in [5, 5.41) is 0.569. The van der Waals surface area contributed by atoms with Gasteiger partial charge in [0.25, 0.3) is 0 Å². The molecule has 1 N–H and O–H groups in total. The predicted octanol–water partition coefficient (Wildman–Crippen LogP) is 5.15. The number of hydrogen-bond acceptors (Lipinski definition) is 5. The van der Waals surface area contributed by atoms with Crippen molar-refractivity contribution in [3.8, 4) is 17.2 Å². The second kappa shape index (κ2) is 7.72. The number of methoxy groups -OCH3 is 1. The van der Waals surface area contributed by atoms with Gasteiger partial charge in [0.15, 0.2) is 17.2 Å². The molecule has 2 heterocycles. The smallest absolute Gasteiger partial charge is 0.219 e. The number of allylic oxidation sites excluding steroid dienone is 1. The lowest BCUT2D eigenvalue weighted by Crippen LogP contribution is -2.58. The van der Waals surface area contributed by atoms with Gasteiger partial charge in [-0.3, -0.25) is 4.99 Å². The normalized spacial score (nSPS) is 26.1. The standard InChI is InChI=1S/C23H22ClN4O2/c1-29-23-12-16(6-7-22(23)30-21-5-3-2-4-20(21)24)17-10-18(11-17)27-28-9-8-25-13-19(28)14-26-15-28/h2-9,12-15,17-18,27H,10-11H2,1H3/q+1. The molecule has 7 heteroatoms.